The molecule has 0 bridgehead atoms. The predicted molar refractivity (Wildman–Crippen MR) is 184 cm³/mol. The van der Waals surface area contributed by atoms with E-state index in [1.54, 1.807) is 0 Å². The van der Waals surface area contributed by atoms with Crippen LogP contribution in [0.5, 0.6) is 0 Å². The summed E-state index contributed by atoms with van der Waals surface area (Å²) in [4.78, 5) is 82.7. The van der Waals surface area contributed by atoms with Crippen LogP contribution in [0, 0.1) is 24.7 Å². The van der Waals surface area contributed by atoms with Crippen LogP contribution < -0.4 is 21.3 Å². The third kappa shape index (κ3) is 11.4. The van der Waals surface area contributed by atoms with E-state index in [4.69, 9.17) is 6.92 Å². The fourth-order valence-corrected chi connectivity index (χ4v) is 7.26. The van der Waals surface area contributed by atoms with Crippen LogP contribution in [-0.4, -0.2) is 106 Å². The molecule has 0 spiro atoms. The first-order valence-corrected chi connectivity index (χ1v) is 18.5. The minimum absolute atomic E-state index is 0.0566. The normalized spacial score (nSPS) is 24.0. The smallest absolute Gasteiger partial charge is 0.246 e. The Kier molecular flexibility index (Phi) is 15.8. The Labute approximate surface area is 292 Å². The van der Waals surface area contributed by atoms with Gasteiger partial charge in [0.15, 0.2) is 0 Å². The zero-order valence-electron chi connectivity index (χ0n) is 30.2. The highest BCUT2D eigenvalue weighted by Crippen LogP contribution is 2.28. The monoisotopic (exact) mass is 688 g/mol. The summed E-state index contributed by atoms with van der Waals surface area (Å²) in [5.74, 6) is -2.57. The minimum Gasteiger partial charge on any atom is -0.391 e. The highest BCUT2D eigenvalue weighted by molar-refractivity contribution is 5.97. The Balaban J connectivity index is 1.64. The molecular formula is C36H60N6O7. The van der Waals surface area contributed by atoms with Crippen LogP contribution >= 0.6 is 0 Å². The van der Waals surface area contributed by atoms with Gasteiger partial charge in [0, 0.05) is 26.1 Å². The third-order valence-corrected chi connectivity index (χ3v) is 10.1. The molecule has 49 heavy (non-hydrogen) atoms. The zero-order chi connectivity index (χ0) is 36.2. The van der Waals surface area contributed by atoms with Gasteiger partial charge >= 0.3 is 0 Å². The van der Waals surface area contributed by atoms with Gasteiger partial charge < -0.3 is 36.2 Å². The summed E-state index contributed by atoms with van der Waals surface area (Å²) in [6.07, 6.45) is 8.70. The van der Waals surface area contributed by atoms with Gasteiger partial charge in [0.2, 0.25) is 35.4 Å². The topological polar surface area (TPSA) is 177 Å². The van der Waals surface area contributed by atoms with E-state index in [-0.39, 0.29) is 30.2 Å². The van der Waals surface area contributed by atoms with Crippen molar-refractivity contribution in [2.75, 3.05) is 19.6 Å². The van der Waals surface area contributed by atoms with Gasteiger partial charge in [-0.25, -0.2) is 0 Å². The lowest BCUT2D eigenvalue weighted by atomic mass is 9.86. The van der Waals surface area contributed by atoms with Crippen molar-refractivity contribution < 1.29 is 33.9 Å². The molecule has 13 heteroatoms. The summed E-state index contributed by atoms with van der Waals surface area (Å²) >= 11 is 0. The molecule has 1 aliphatic carbocycles. The van der Waals surface area contributed by atoms with E-state index in [1.807, 2.05) is 27.7 Å². The van der Waals surface area contributed by atoms with E-state index in [1.165, 1.54) is 36.0 Å². The molecule has 2 radical (unpaired) electrons. The average molecular weight is 689 g/mol. The molecular weight excluding hydrogens is 628 g/mol. The predicted octanol–water partition coefficient (Wildman–Crippen LogP) is 1.69. The second kappa shape index (κ2) is 19.2. The van der Waals surface area contributed by atoms with Crippen molar-refractivity contribution in [2.24, 2.45) is 17.8 Å². The first kappa shape index (κ1) is 40.2. The van der Waals surface area contributed by atoms with Gasteiger partial charge in [0.25, 0.3) is 0 Å². The van der Waals surface area contributed by atoms with Crippen LogP contribution in [0.15, 0.2) is 0 Å². The largest absolute Gasteiger partial charge is 0.391 e. The Hall–Kier alpha value is -3.22. The van der Waals surface area contributed by atoms with Crippen molar-refractivity contribution in [3.05, 3.63) is 6.92 Å². The molecule has 0 aromatic heterocycles. The molecule has 2 saturated heterocycles. The van der Waals surface area contributed by atoms with Crippen LogP contribution in [0.3, 0.4) is 0 Å². The molecule has 3 aliphatic rings. The number of hydrogen-bond acceptors (Lipinski definition) is 7. The Bertz CT molecular complexity index is 1160. The molecule has 3 fully saturated rings. The standard InChI is InChI=1S/C36H60N6O7/c1-7-18-37-34(47)31(25(6)43)40-33(46)28-20-23(4)21-42(28)35(48)24(5)38-32(45)27-15-11-12-19-41(27)36(49)30(22(2)3)39-29(44)17-16-26-13-9-8-10-14-26/h5,22-28,30-31,43H,7-21H2,1-4,6H3,(H,37,47)(H,38,45)(H,39,44)(H,40,46)/t23?,24-,25?,27-,28-,30-,31-/m0/s1. The van der Waals surface area contributed by atoms with Gasteiger partial charge in [-0.3, -0.25) is 28.8 Å². The van der Waals surface area contributed by atoms with E-state index < -0.39 is 59.9 Å². The summed E-state index contributed by atoms with van der Waals surface area (Å²) in [6.45, 7) is 16.1. The number of carbonyl (C=O) groups is 6. The molecule has 1 saturated carbocycles. The minimum atomic E-state index is -1.48. The molecule has 0 aromatic rings. The maximum absolute atomic E-state index is 13.9. The molecule has 0 aromatic carbocycles. The number of hydrogen-bond donors (Lipinski definition) is 5. The highest BCUT2D eigenvalue weighted by atomic mass is 16.3. The third-order valence-electron chi connectivity index (χ3n) is 10.1. The average Bonchev–Trinajstić information content (AvgIpc) is 3.48. The maximum atomic E-state index is 13.9. The number of rotatable bonds is 15. The van der Waals surface area contributed by atoms with Gasteiger partial charge in [-0.1, -0.05) is 59.8 Å². The van der Waals surface area contributed by atoms with E-state index in [2.05, 4.69) is 21.3 Å². The Morgan fingerprint density at radius 2 is 1.47 bits per heavy atom. The summed E-state index contributed by atoms with van der Waals surface area (Å²) in [5, 5.41) is 20.9. The van der Waals surface area contributed by atoms with Crippen LogP contribution in [0.4, 0.5) is 0 Å². The summed E-state index contributed by atoms with van der Waals surface area (Å²) in [6, 6.07) is -5.29. The lowest BCUT2D eigenvalue weighted by Gasteiger charge is -2.38. The molecule has 2 heterocycles. The molecule has 2 aliphatic heterocycles. The van der Waals surface area contributed by atoms with E-state index in [9.17, 15) is 33.9 Å². The van der Waals surface area contributed by atoms with Crippen molar-refractivity contribution in [3.8, 4) is 0 Å². The van der Waals surface area contributed by atoms with Crippen molar-refractivity contribution in [1.29, 1.82) is 0 Å². The number of aliphatic hydroxyl groups excluding tert-OH is 1. The number of amides is 6. The molecule has 276 valence electrons. The number of carbonyl (C=O) groups excluding carboxylic acids is 6. The van der Waals surface area contributed by atoms with E-state index in [0.717, 1.165) is 19.3 Å². The quantitative estimate of drug-likeness (QED) is 0.174. The molecule has 2 unspecified atom stereocenters. The van der Waals surface area contributed by atoms with Gasteiger partial charge in [-0.15, -0.1) is 0 Å². The fraction of sp³-hybridized carbons (Fsp3) is 0.806. The number of piperidine rings is 1. The summed E-state index contributed by atoms with van der Waals surface area (Å²) in [5.41, 5.74) is 0. The van der Waals surface area contributed by atoms with Gasteiger partial charge in [0.05, 0.1) is 6.10 Å². The molecule has 5 N–H and O–H groups in total. The molecule has 13 nitrogen and oxygen atoms in total. The van der Waals surface area contributed by atoms with Gasteiger partial charge in [0.1, 0.15) is 30.2 Å². The van der Waals surface area contributed by atoms with Crippen molar-refractivity contribution in [2.45, 2.75) is 148 Å². The molecule has 7 atom stereocenters. The second-order valence-electron chi connectivity index (χ2n) is 14.7. The van der Waals surface area contributed by atoms with Crippen LogP contribution in [0.1, 0.15) is 112 Å². The first-order valence-electron chi connectivity index (χ1n) is 18.5. The molecule has 3 rings (SSSR count). The SMILES string of the molecule is [CH][C@H](NC(=O)[C@@H]1CCCCN1C(=O)[C@@H](NC(=O)CCC1CCCCC1)C(C)C)C(=O)N1CC(C)C[C@H]1C(=O)N[C@H](C(=O)NCCC)C(C)O. The summed E-state index contributed by atoms with van der Waals surface area (Å²) < 4.78 is 0. The second-order valence-corrected chi connectivity index (χ2v) is 14.7. The van der Waals surface area contributed by atoms with Gasteiger partial charge in [-0.05, 0) is 70.1 Å². The van der Waals surface area contributed by atoms with Crippen molar-refractivity contribution in [3.63, 3.8) is 0 Å². The lowest BCUT2D eigenvalue weighted by Crippen LogP contribution is -2.61. The summed E-state index contributed by atoms with van der Waals surface area (Å²) in [7, 11) is 0. The lowest BCUT2D eigenvalue weighted by molar-refractivity contribution is -0.147. The Morgan fingerprint density at radius 3 is 2.10 bits per heavy atom. The first-order chi connectivity index (χ1) is 23.2. The van der Waals surface area contributed by atoms with Crippen LogP contribution in [0.25, 0.3) is 0 Å². The van der Waals surface area contributed by atoms with Crippen molar-refractivity contribution >= 4 is 35.4 Å². The van der Waals surface area contributed by atoms with Gasteiger partial charge in [-0.2, -0.15) is 0 Å². The van der Waals surface area contributed by atoms with Crippen LogP contribution in [0.2, 0.25) is 0 Å². The molecule has 6 amide bonds. The highest BCUT2D eigenvalue weighted by Gasteiger charge is 2.43. The van der Waals surface area contributed by atoms with E-state index in [0.29, 0.717) is 57.5 Å². The van der Waals surface area contributed by atoms with Crippen LogP contribution in [-0.2, 0) is 28.8 Å². The maximum Gasteiger partial charge on any atom is 0.246 e. The van der Waals surface area contributed by atoms with Crippen molar-refractivity contribution in [1.82, 2.24) is 31.1 Å². The zero-order valence-corrected chi connectivity index (χ0v) is 30.2. The fourth-order valence-electron chi connectivity index (χ4n) is 7.26. The number of nitrogens with one attached hydrogen (secondary N) is 4. The number of likely N-dealkylation sites (tertiary alicyclic amines) is 2. The number of aliphatic hydroxyl groups is 1. The number of nitrogens with zero attached hydrogens (tertiary/aromatic N) is 2. The van der Waals surface area contributed by atoms with E-state index >= 15 is 0 Å². The Morgan fingerprint density at radius 1 is 0.816 bits per heavy atom.